The zero-order valence-electron chi connectivity index (χ0n) is 25.0. The molecule has 44 heavy (non-hydrogen) atoms. The van der Waals surface area contributed by atoms with Gasteiger partial charge in [0.05, 0.1) is 31.5 Å². The van der Waals surface area contributed by atoms with Gasteiger partial charge in [0.2, 0.25) is 6.79 Å². The number of carbonyl (C=O) groups is 3. The predicted molar refractivity (Wildman–Crippen MR) is 159 cm³/mol. The molecule has 13 heteroatoms. The Morgan fingerprint density at radius 3 is 2.66 bits per heavy atom. The fourth-order valence-corrected chi connectivity index (χ4v) is 5.10. The van der Waals surface area contributed by atoms with E-state index in [2.05, 4.69) is 25.7 Å². The third-order valence-electron chi connectivity index (χ3n) is 7.12. The molecule has 0 spiro atoms. The molecule has 3 amide bonds. The number of allylic oxidation sites excluding steroid dienone is 1. The average molecular weight is 604 g/mol. The molecule has 5 rings (SSSR count). The number of aromatic nitrogens is 1. The highest BCUT2D eigenvalue weighted by Crippen LogP contribution is 2.36. The van der Waals surface area contributed by atoms with E-state index in [-0.39, 0.29) is 25.6 Å². The summed E-state index contributed by atoms with van der Waals surface area (Å²) in [5, 5.41) is 9.44. The van der Waals surface area contributed by atoms with Crippen LogP contribution in [0, 0.1) is 13.8 Å². The summed E-state index contributed by atoms with van der Waals surface area (Å²) in [6.07, 6.45) is 1.57. The second-order valence-electron chi connectivity index (χ2n) is 9.98. The highest BCUT2D eigenvalue weighted by Gasteiger charge is 2.32. The number of methoxy groups -OCH3 is 1. The van der Waals surface area contributed by atoms with Crippen LogP contribution in [0.3, 0.4) is 0 Å². The Hall–Kier alpha value is -5.46. The fourth-order valence-electron chi connectivity index (χ4n) is 5.10. The van der Waals surface area contributed by atoms with Crippen LogP contribution in [0.25, 0.3) is 5.69 Å². The molecule has 0 saturated carbocycles. The van der Waals surface area contributed by atoms with Crippen molar-refractivity contribution < 1.29 is 38.1 Å². The van der Waals surface area contributed by atoms with Crippen molar-refractivity contribution in [2.24, 2.45) is 5.10 Å². The summed E-state index contributed by atoms with van der Waals surface area (Å²) in [5.41, 5.74) is 7.38. The first kappa shape index (κ1) is 30.0. The van der Waals surface area contributed by atoms with Gasteiger partial charge in [0, 0.05) is 34.4 Å². The van der Waals surface area contributed by atoms with Crippen LogP contribution in [0.2, 0.25) is 0 Å². The van der Waals surface area contributed by atoms with Gasteiger partial charge in [-0.3, -0.25) is 4.79 Å². The smallest absolute Gasteiger partial charge is 0.338 e. The number of esters is 1. The second kappa shape index (κ2) is 12.8. The first-order valence-electron chi connectivity index (χ1n) is 13.9. The van der Waals surface area contributed by atoms with Gasteiger partial charge in [-0.25, -0.2) is 15.0 Å². The quantitative estimate of drug-likeness (QED) is 0.181. The lowest BCUT2D eigenvalue weighted by Crippen LogP contribution is -2.45. The maximum Gasteiger partial charge on any atom is 0.338 e. The normalized spacial score (nSPS) is 15.6. The zero-order valence-corrected chi connectivity index (χ0v) is 25.0. The molecular weight excluding hydrogens is 570 g/mol. The third-order valence-corrected chi connectivity index (χ3v) is 7.12. The third kappa shape index (κ3) is 6.16. The Labute approximate surface area is 253 Å². The number of hydrazone groups is 1. The van der Waals surface area contributed by atoms with Gasteiger partial charge in [-0.15, -0.1) is 0 Å². The molecular formula is C31H33N5O8. The van der Waals surface area contributed by atoms with Gasteiger partial charge in [0.25, 0.3) is 5.91 Å². The number of nitrogens with zero attached hydrogens (tertiary/aromatic N) is 2. The molecule has 0 aliphatic carbocycles. The molecule has 13 nitrogen and oxygen atoms in total. The van der Waals surface area contributed by atoms with Crippen molar-refractivity contribution in [1.29, 1.82) is 0 Å². The molecule has 2 aliphatic heterocycles. The first-order chi connectivity index (χ1) is 21.2. The number of ether oxygens (including phenoxy) is 5. The summed E-state index contributed by atoms with van der Waals surface area (Å²) in [7, 11) is 1.45. The molecule has 1 atom stereocenters. The van der Waals surface area contributed by atoms with Gasteiger partial charge in [-0.2, -0.15) is 5.10 Å². The molecule has 3 heterocycles. The number of hydrogen-bond acceptors (Lipinski definition) is 9. The number of amides is 3. The Balaban J connectivity index is 1.23. The summed E-state index contributed by atoms with van der Waals surface area (Å²) >= 11 is 0. The van der Waals surface area contributed by atoms with E-state index in [0.717, 1.165) is 22.6 Å². The first-order valence-corrected chi connectivity index (χ1v) is 13.9. The molecule has 2 aromatic carbocycles. The summed E-state index contributed by atoms with van der Waals surface area (Å²) in [6.45, 7) is 7.33. The summed E-state index contributed by atoms with van der Waals surface area (Å²) in [4.78, 5) is 37.3. The minimum absolute atomic E-state index is 0.186. The highest BCUT2D eigenvalue weighted by molar-refractivity contribution is 5.95. The van der Waals surface area contributed by atoms with Crippen LogP contribution in [-0.2, 0) is 14.3 Å². The van der Waals surface area contributed by atoms with Crippen LogP contribution in [0.15, 0.2) is 58.8 Å². The number of rotatable bonds is 10. The van der Waals surface area contributed by atoms with Gasteiger partial charge < -0.3 is 38.9 Å². The Kier molecular flexibility index (Phi) is 8.74. The maximum absolute atomic E-state index is 12.6. The van der Waals surface area contributed by atoms with Crippen molar-refractivity contribution in [3.8, 4) is 28.7 Å². The monoisotopic (exact) mass is 603 g/mol. The number of aryl methyl sites for hydroxylation is 1. The van der Waals surface area contributed by atoms with E-state index in [1.54, 1.807) is 38.3 Å². The van der Waals surface area contributed by atoms with Crippen molar-refractivity contribution >= 4 is 24.1 Å². The van der Waals surface area contributed by atoms with Crippen LogP contribution in [-0.4, -0.2) is 55.8 Å². The second-order valence-corrected chi connectivity index (χ2v) is 9.98. The number of hydrogen-bond donors (Lipinski definition) is 3. The molecule has 1 aromatic heterocycles. The van der Waals surface area contributed by atoms with E-state index in [1.807, 2.05) is 38.1 Å². The molecule has 2 aliphatic rings. The van der Waals surface area contributed by atoms with Crippen LogP contribution >= 0.6 is 0 Å². The van der Waals surface area contributed by atoms with Gasteiger partial charge in [0.15, 0.2) is 29.6 Å². The lowest BCUT2D eigenvalue weighted by atomic mass is 9.95. The van der Waals surface area contributed by atoms with Crippen molar-refractivity contribution in [1.82, 2.24) is 20.6 Å². The number of fused-ring (bicyclic) bond motifs is 1. The summed E-state index contributed by atoms with van der Waals surface area (Å²) < 4.78 is 29.3. The van der Waals surface area contributed by atoms with E-state index < -0.39 is 23.9 Å². The van der Waals surface area contributed by atoms with Gasteiger partial charge >= 0.3 is 12.0 Å². The van der Waals surface area contributed by atoms with E-state index in [0.29, 0.717) is 34.3 Å². The molecule has 230 valence electrons. The van der Waals surface area contributed by atoms with E-state index in [1.165, 1.54) is 7.11 Å². The van der Waals surface area contributed by atoms with Crippen LogP contribution in [0.5, 0.6) is 23.0 Å². The molecule has 3 N–H and O–H groups in total. The molecule has 3 aromatic rings. The lowest BCUT2D eigenvalue weighted by Gasteiger charge is -2.28. The SMILES string of the molecule is CCOC(=O)C1=C(C)NC(=O)N[C@@H]1c1ccc(OCC(=O)N/N=C\c2cc(C)n(-c3ccc4c(c3)OCO4)c2C)c(OC)c1. The molecule has 0 radical (unpaired) electrons. The van der Waals surface area contributed by atoms with Crippen LogP contribution in [0.4, 0.5) is 4.79 Å². The van der Waals surface area contributed by atoms with E-state index >= 15 is 0 Å². The largest absolute Gasteiger partial charge is 0.493 e. The Bertz CT molecular complexity index is 1680. The van der Waals surface area contributed by atoms with Crippen molar-refractivity contribution in [3.63, 3.8) is 0 Å². The van der Waals surface area contributed by atoms with Gasteiger partial charge in [-0.1, -0.05) is 6.07 Å². The summed E-state index contributed by atoms with van der Waals surface area (Å²) in [5.74, 6) is 0.974. The van der Waals surface area contributed by atoms with Gasteiger partial charge in [0.1, 0.15) is 0 Å². The van der Waals surface area contributed by atoms with E-state index in [9.17, 15) is 14.4 Å². The van der Waals surface area contributed by atoms with Gasteiger partial charge in [-0.05, 0) is 63.6 Å². The lowest BCUT2D eigenvalue weighted by molar-refractivity contribution is -0.139. The minimum Gasteiger partial charge on any atom is -0.493 e. The zero-order chi connectivity index (χ0) is 31.4. The topological polar surface area (TPSA) is 151 Å². The Morgan fingerprint density at radius 2 is 1.89 bits per heavy atom. The van der Waals surface area contributed by atoms with Crippen molar-refractivity contribution in [2.75, 3.05) is 27.1 Å². The van der Waals surface area contributed by atoms with Crippen molar-refractivity contribution in [2.45, 2.75) is 33.7 Å². The standard InChI is InChI=1S/C31H33N5O8/c1-6-41-30(38)28-18(3)33-31(39)34-29(28)20-7-9-23(25(12-20)40-5)42-15-27(37)35-32-14-21-11-17(2)36(19(21)4)22-8-10-24-26(13-22)44-16-43-24/h7-14,29H,6,15-16H2,1-5H3,(H,35,37)(H2,33,34,39)/b32-14-/t29-/m1/s1. The van der Waals surface area contributed by atoms with E-state index in [4.69, 9.17) is 23.7 Å². The minimum atomic E-state index is -0.768. The molecule has 0 fully saturated rings. The number of urea groups is 1. The Morgan fingerprint density at radius 1 is 1.09 bits per heavy atom. The van der Waals surface area contributed by atoms with Crippen LogP contribution in [0.1, 0.15) is 42.4 Å². The molecule has 0 unspecified atom stereocenters. The molecule has 0 saturated heterocycles. The number of carbonyl (C=O) groups excluding carboxylic acids is 3. The van der Waals surface area contributed by atoms with Crippen molar-refractivity contribution in [3.05, 3.63) is 76.2 Å². The predicted octanol–water partition coefficient (Wildman–Crippen LogP) is 3.55. The average Bonchev–Trinajstić information content (AvgIpc) is 3.58. The number of nitrogens with one attached hydrogen (secondary N) is 3. The fraction of sp³-hybridized carbons (Fsp3) is 0.290. The highest BCUT2D eigenvalue weighted by atomic mass is 16.7. The summed E-state index contributed by atoms with van der Waals surface area (Å²) in [6, 6.07) is 11.4. The van der Waals surface area contributed by atoms with Crippen LogP contribution < -0.4 is 35.0 Å². The molecule has 0 bridgehead atoms. The maximum atomic E-state index is 12.6. The number of benzene rings is 2.